The third-order valence-corrected chi connectivity index (χ3v) is 2.44. The maximum absolute atomic E-state index is 12.6. The molecule has 2 N–H and O–H groups in total. The minimum Gasteiger partial charge on any atom is -0.478 e. The number of benzene rings is 2. The van der Waals surface area contributed by atoms with E-state index in [9.17, 15) is 31.5 Å². The summed E-state index contributed by atoms with van der Waals surface area (Å²) in [5.74, 6) is -14.7. The van der Waals surface area contributed by atoms with Gasteiger partial charge in [0, 0.05) is 49.4 Å². The van der Waals surface area contributed by atoms with Crippen LogP contribution >= 0.6 is 0 Å². The van der Waals surface area contributed by atoms with Gasteiger partial charge in [0.25, 0.3) is 0 Å². The van der Waals surface area contributed by atoms with Crippen molar-refractivity contribution in [2.75, 3.05) is 0 Å². The van der Waals surface area contributed by atoms with E-state index in [4.69, 9.17) is 10.2 Å². The van der Waals surface area contributed by atoms with Gasteiger partial charge in [-0.3, -0.25) is 0 Å². The van der Waals surface area contributed by atoms with Crippen LogP contribution in [0.5, 0.6) is 0 Å². The zero-order valence-corrected chi connectivity index (χ0v) is 13.8. The molecule has 2 aromatic rings. The average molecular weight is 486 g/mol. The van der Waals surface area contributed by atoms with Gasteiger partial charge in [0.05, 0.1) is 5.56 Å². The van der Waals surface area contributed by atoms with Crippen molar-refractivity contribution in [1.29, 1.82) is 0 Å². The van der Waals surface area contributed by atoms with Crippen molar-refractivity contribution in [3.05, 3.63) is 70.5 Å². The molecule has 0 amide bonds. The molecule has 0 atom stereocenters. The van der Waals surface area contributed by atoms with Gasteiger partial charge < -0.3 is 10.2 Å². The largest absolute Gasteiger partial charge is 0.478 e. The predicted octanol–water partition coefficient (Wildman–Crippen LogP) is 3.47. The number of hydrogen-bond acceptors (Lipinski definition) is 2. The van der Waals surface area contributed by atoms with Crippen LogP contribution in [0, 0.1) is 78.5 Å². The summed E-state index contributed by atoms with van der Waals surface area (Å²) in [5, 5.41) is 16.5. The number of halogens is 5. The molecule has 0 heterocycles. The molecule has 0 saturated heterocycles. The third kappa shape index (κ3) is 5.32. The SMILES string of the molecule is O=C(O)c1c(F)c(F)c(F)c(F)c1F.O=C(O)c1ccccc1.[Eu]. The van der Waals surface area contributed by atoms with Crippen molar-refractivity contribution in [2.45, 2.75) is 0 Å². The minimum atomic E-state index is -2.38. The Morgan fingerprint density at radius 2 is 1.04 bits per heavy atom. The molecule has 10 heteroatoms. The minimum absolute atomic E-state index is 0. The van der Waals surface area contributed by atoms with Gasteiger partial charge in [-0.2, -0.15) is 0 Å². The monoisotopic (exact) mass is 487 g/mol. The second-order valence-electron chi connectivity index (χ2n) is 3.92. The standard InChI is InChI=1S/C7HF5O2.C7H6O2.Eu/c8-2-1(7(13)14)3(9)5(11)6(12)4(2)10;8-7(9)6-4-2-1-3-5-6;/h(H,13,14);1-5H,(H,8,9);. The van der Waals surface area contributed by atoms with Gasteiger partial charge in [-0.15, -0.1) is 0 Å². The number of carbonyl (C=O) groups is 2. The third-order valence-electron chi connectivity index (χ3n) is 2.44. The van der Waals surface area contributed by atoms with Crippen molar-refractivity contribution in [2.24, 2.45) is 0 Å². The van der Waals surface area contributed by atoms with Crippen LogP contribution in [0.4, 0.5) is 22.0 Å². The van der Waals surface area contributed by atoms with Crippen LogP contribution in [0.2, 0.25) is 0 Å². The summed E-state index contributed by atoms with van der Waals surface area (Å²) < 4.78 is 62.1. The molecular formula is C14H7EuF5O4. The topological polar surface area (TPSA) is 74.6 Å². The molecule has 0 spiro atoms. The predicted molar refractivity (Wildman–Crippen MR) is 66.6 cm³/mol. The molecular weight excluding hydrogens is 479 g/mol. The van der Waals surface area contributed by atoms with Crippen molar-refractivity contribution in [1.82, 2.24) is 0 Å². The molecule has 2 aromatic carbocycles. The average Bonchev–Trinajstić information content (AvgIpc) is 2.52. The molecule has 0 aliphatic rings. The summed E-state index contributed by atoms with van der Waals surface area (Å²) in [6.45, 7) is 0. The fourth-order valence-electron chi connectivity index (χ4n) is 1.37. The van der Waals surface area contributed by atoms with Crippen LogP contribution in [0.15, 0.2) is 30.3 Å². The summed E-state index contributed by atoms with van der Waals surface area (Å²) in [6.07, 6.45) is 0. The summed E-state index contributed by atoms with van der Waals surface area (Å²) >= 11 is 0. The number of rotatable bonds is 2. The zero-order chi connectivity index (χ0) is 17.7. The fourth-order valence-corrected chi connectivity index (χ4v) is 1.37. The van der Waals surface area contributed by atoms with E-state index in [1.54, 1.807) is 30.3 Å². The quantitative estimate of drug-likeness (QED) is 0.388. The molecule has 1 radical (unpaired) electrons. The van der Waals surface area contributed by atoms with Gasteiger partial charge in [-0.1, -0.05) is 18.2 Å². The molecule has 129 valence electrons. The normalized spacial score (nSPS) is 9.38. The van der Waals surface area contributed by atoms with Gasteiger partial charge in [0.2, 0.25) is 5.82 Å². The van der Waals surface area contributed by atoms with Crippen molar-refractivity contribution >= 4 is 11.9 Å². The van der Waals surface area contributed by atoms with E-state index in [2.05, 4.69) is 0 Å². The molecule has 4 nitrogen and oxygen atoms in total. The molecule has 2 rings (SSSR count). The van der Waals surface area contributed by atoms with Crippen molar-refractivity contribution in [3.8, 4) is 0 Å². The van der Waals surface area contributed by atoms with Crippen LogP contribution in [0.1, 0.15) is 20.7 Å². The Bertz CT molecular complexity index is 724. The molecule has 0 saturated carbocycles. The molecule has 0 aromatic heterocycles. The van der Waals surface area contributed by atoms with E-state index >= 15 is 0 Å². The summed E-state index contributed by atoms with van der Waals surface area (Å²) in [4.78, 5) is 20.3. The summed E-state index contributed by atoms with van der Waals surface area (Å²) in [5.41, 5.74) is -1.53. The van der Waals surface area contributed by atoms with Gasteiger partial charge in [0.1, 0.15) is 5.56 Å². The van der Waals surface area contributed by atoms with Crippen molar-refractivity contribution in [3.63, 3.8) is 0 Å². The van der Waals surface area contributed by atoms with Crippen LogP contribution in [-0.4, -0.2) is 22.2 Å². The van der Waals surface area contributed by atoms with E-state index in [0.717, 1.165) is 0 Å². The number of carboxylic acids is 2. The Hall–Kier alpha value is -1.39. The molecule has 0 aliphatic heterocycles. The van der Waals surface area contributed by atoms with Crippen LogP contribution in [0.25, 0.3) is 0 Å². The first-order valence-corrected chi connectivity index (χ1v) is 5.71. The first-order chi connectivity index (χ1) is 10.7. The summed E-state index contributed by atoms with van der Waals surface area (Å²) in [7, 11) is 0. The van der Waals surface area contributed by atoms with Gasteiger partial charge in [-0.05, 0) is 12.1 Å². The Labute approximate surface area is 172 Å². The Morgan fingerprint density at radius 3 is 1.33 bits per heavy atom. The number of carboxylic acid groups (broad SMARTS) is 2. The van der Waals surface area contributed by atoms with Crippen molar-refractivity contribution < 1.29 is 91.1 Å². The molecule has 0 unspecified atom stereocenters. The first-order valence-electron chi connectivity index (χ1n) is 5.71. The Kier molecular flexibility index (Phi) is 9.23. The van der Waals surface area contributed by atoms with Gasteiger partial charge in [-0.25, -0.2) is 31.5 Å². The first kappa shape index (κ1) is 22.6. The van der Waals surface area contributed by atoms with E-state index in [-0.39, 0.29) is 49.4 Å². The number of aromatic carboxylic acids is 2. The van der Waals surface area contributed by atoms with E-state index < -0.39 is 46.6 Å². The van der Waals surface area contributed by atoms with E-state index in [1.807, 2.05) is 0 Å². The number of hydrogen-bond donors (Lipinski definition) is 2. The molecule has 0 bridgehead atoms. The Balaban J connectivity index is 0.000000460. The fraction of sp³-hybridized carbons (Fsp3) is 0. The van der Waals surface area contributed by atoms with Gasteiger partial charge in [0.15, 0.2) is 23.3 Å². The van der Waals surface area contributed by atoms with Crippen LogP contribution in [0.3, 0.4) is 0 Å². The molecule has 24 heavy (non-hydrogen) atoms. The Morgan fingerprint density at radius 1 is 0.667 bits per heavy atom. The maximum atomic E-state index is 12.6. The molecule has 0 fully saturated rings. The molecule has 0 aliphatic carbocycles. The second kappa shape index (κ2) is 9.80. The smallest absolute Gasteiger partial charge is 0.341 e. The van der Waals surface area contributed by atoms with E-state index in [1.165, 1.54) is 0 Å². The van der Waals surface area contributed by atoms with Gasteiger partial charge >= 0.3 is 11.9 Å². The van der Waals surface area contributed by atoms with Crippen LogP contribution < -0.4 is 0 Å². The second-order valence-corrected chi connectivity index (χ2v) is 3.92. The maximum Gasteiger partial charge on any atom is 0.341 e. The summed E-state index contributed by atoms with van der Waals surface area (Å²) in [6, 6.07) is 8.30. The zero-order valence-electron chi connectivity index (χ0n) is 11.4. The van der Waals surface area contributed by atoms with E-state index in [0.29, 0.717) is 5.56 Å². The van der Waals surface area contributed by atoms with Crippen LogP contribution in [-0.2, 0) is 0 Å².